The lowest BCUT2D eigenvalue weighted by Gasteiger charge is -2.07. The third-order valence-electron chi connectivity index (χ3n) is 3.21. The molecule has 3 aromatic rings. The first-order valence-corrected chi connectivity index (χ1v) is 7.67. The number of ether oxygens (including phenoxy) is 1. The Hall–Kier alpha value is -3.26. The van der Waals surface area contributed by atoms with Gasteiger partial charge in [-0.3, -0.25) is 0 Å². The summed E-state index contributed by atoms with van der Waals surface area (Å²) in [5.41, 5.74) is -0.149. The number of hydrogen-bond acceptors (Lipinski definition) is 8. The van der Waals surface area contributed by atoms with Crippen LogP contribution in [0.5, 0.6) is 5.88 Å². The van der Waals surface area contributed by atoms with E-state index in [9.17, 15) is 23.1 Å². The van der Waals surface area contributed by atoms with Crippen LogP contribution in [-0.4, -0.2) is 51.3 Å². The molecule has 2 N–H and O–H groups in total. The zero-order valence-corrected chi connectivity index (χ0v) is 14.2. The number of nitrogens with zero attached hydrogens (tertiary/aromatic N) is 7. The molecule has 1 unspecified atom stereocenters. The van der Waals surface area contributed by atoms with E-state index < -0.39 is 30.8 Å². The fourth-order valence-corrected chi connectivity index (χ4v) is 2.28. The lowest BCUT2D eigenvalue weighted by molar-refractivity contribution is -0.145. The standard InChI is InChI=1S/C13H9ClF3N7O4/c14-6-2-1-3-18-10(6)24-9(28-12(26)27)4-7(20-24)8(25)5-23-21-11(19-22-23)13(15,16)17/h1-4,8,25H,5H2,(H,26,27). The molecular weight excluding hydrogens is 411 g/mol. The van der Waals surface area contributed by atoms with Crippen LogP contribution in [0.2, 0.25) is 5.02 Å². The van der Waals surface area contributed by atoms with Gasteiger partial charge in [0.05, 0.1) is 17.3 Å². The molecule has 0 amide bonds. The van der Waals surface area contributed by atoms with Crippen LogP contribution in [0.3, 0.4) is 0 Å². The molecule has 0 saturated heterocycles. The number of aliphatic hydroxyl groups excluding tert-OH is 1. The number of rotatable bonds is 5. The minimum atomic E-state index is -4.79. The van der Waals surface area contributed by atoms with Crippen LogP contribution in [0.15, 0.2) is 24.4 Å². The number of hydrogen-bond donors (Lipinski definition) is 2. The highest BCUT2D eigenvalue weighted by Crippen LogP contribution is 2.27. The molecule has 0 radical (unpaired) electrons. The van der Waals surface area contributed by atoms with Crippen LogP contribution in [0.4, 0.5) is 18.0 Å². The summed E-state index contributed by atoms with van der Waals surface area (Å²) in [6.45, 7) is -0.539. The van der Waals surface area contributed by atoms with Gasteiger partial charge in [-0.05, 0) is 17.3 Å². The molecule has 0 aliphatic rings. The Balaban J connectivity index is 1.90. The van der Waals surface area contributed by atoms with Gasteiger partial charge in [0.15, 0.2) is 5.82 Å². The van der Waals surface area contributed by atoms with Crippen LogP contribution in [-0.2, 0) is 12.7 Å². The van der Waals surface area contributed by atoms with Gasteiger partial charge in [0.25, 0.3) is 5.82 Å². The Bertz CT molecular complexity index is 1010. The molecule has 0 aliphatic carbocycles. The summed E-state index contributed by atoms with van der Waals surface area (Å²) in [5.74, 6) is -1.80. The van der Waals surface area contributed by atoms with Crippen molar-refractivity contribution in [3.8, 4) is 11.7 Å². The largest absolute Gasteiger partial charge is 0.512 e. The van der Waals surface area contributed by atoms with Crippen molar-refractivity contribution < 1.29 is 32.9 Å². The van der Waals surface area contributed by atoms with Crippen LogP contribution >= 0.6 is 11.6 Å². The second kappa shape index (κ2) is 7.40. The van der Waals surface area contributed by atoms with E-state index in [1.807, 2.05) is 0 Å². The predicted octanol–water partition coefficient (Wildman–Crippen LogP) is 1.72. The summed E-state index contributed by atoms with van der Waals surface area (Å²) in [5, 5.41) is 32.3. The Labute approximate surface area is 157 Å². The van der Waals surface area contributed by atoms with E-state index in [0.29, 0.717) is 4.80 Å². The van der Waals surface area contributed by atoms with Gasteiger partial charge in [0, 0.05) is 12.3 Å². The topological polar surface area (TPSA) is 141 Å². The quantitative estimate of drug-likeness (QED) is 0.591. The lowest BCUT2D eigenvalue weighted by atomic mass is 10.2. The van der Waals surface area contributed by atoms with Crippen molar-refractivity contribution in [2.24, 2.45) is 0 Å². The van der Waals surface area contributed by atoms with Crippen LogP contribution in [0.25, 0.3) is 5.82 Å². The van der Waals surface area contributed by atoms with Crippen LogP contribution in [0.1, 0.15) is 17.6 Å². The Kier molecular flexibility index (Phi) is 5.15. The molecule has 3 aromatic heterocycles. The summed E-state index contributed by atoms with van der Waals surface area (Å²) in [7, 11) is 0. The normalized spacial score (nSPS) is 12.8. The number of alkyl halides is 3. The average Bonchev–Trinajstić information content (AvgIpc) is 3.22. The SMILES string of the molecule is O=C(O)Oc1cc(C(O)Cn2nnc(C(F)(F)F)n2)nn1-c1ncccc1Cl. The van der Waals surface area contributed by atoms with Crippen molar-refractivity contribution in [3.63, 3.8) is 0 Å². The first-order valence-electron chi connectivity index (χ1n) is 7.30. The maximum absolute atomic E-state index is 12.5. The van der Waals surface area contributed by atoms with Gasteiger partial charge in [-0.2, -0.15) is 27.7 Å². The minimum Gasteiger partial charge on any atom is -0.449 e. The number of carbonyl (C=O) groups is 1. The first-order chi connectivity index (χ1) is 13.1. The fraction of sp³-hybridized carbons (Fsp3) is 0.231. The molecule has 0 aromatic carbocycles. The van der Waals surface area contributed by atoms with E-state index in [1.54, 1.807) is 0 Å². The number of aliphatic hydroxyl groups is 1. The zero-order chi connectivity index (χ0) is 20.5. The second-order valence-electron chi connectivity index (χ2n) is 5.18. The molecule has 28 heavy (non-hydrogen) atoms. The number of pyridine rings is 1. The maximum atomic E-state index is 12.5. The molecule has 0 spiro atoms. The van der Waals surface area contributed by atoms with Gasteiger partial charge in [0.2, 0.25) is 5.88 Å². The summed E-state index contributed by atoms with van der Waals surface area (Å²) in [4.78, 5) is 15.4. The van der Waals surface area contributed by atoms with Crippen molar-refractivity contribution in [3.05, 3.63) is 40.9 Å². The smallest absolute Gasteiger partial charge is 0.449 e. The van der Waals surface area contributed by atoms with Crippen LogP contribution < -0.4 is 4.74 Å². The highest BCUT2D eigenvalue weighted by molar-refractivity contribution is 6.32. The van der Waals surface area contributed by atoms with Crippen LogP contribution in [0, 0.1) is 0 Å². The molecule has 15 heteroatoms. The molecule has 3 heterocycles. The van der Waals surface area contributed by atoms with E-state index in [1.165, 1.54) is 18.3 Å². The van der Waals surface area contributed by atoms with Gasteiger partial charge in [0.1, 0.15) is 6.10 Å². The van der Waals surface area contributed by atoms with E-state index in [4.69, 9.17) is 16.7 Å². The highest BCUT2D eigenvalue weighted by atomic mass is 35.5. The molecule has 3 rings (SSSR count). The number of halogens is 4. The van der Waals surface area contributed by atoms with Crippen molar-refractivity contribution in [2.75, 3.05) is 0 Å². The number of carboxylic acid groups (broad SMARTS) is 1. The molecule has 1 atom stereocenters. The summed E-state index contributed by atoms with van der Waals surface area (Å²) in [6, 6.07) is 4.05. The Morgan fingerprint density at radius 1 is 1.36 bits per heavy atom. The molecule has 11 nitrogen and oxygen atoms in total. The Morgan fingerprint density at radius 2 is 2.11 bits per heavy atom. The molecule has 0 saturated carbocycles. The van der Waals surface area contributed by atoms with E-state index in [-0.39, 0.29) is 22.4 Å². The molecule has 148 valence electrons. The van der Waals surface area contributed by atoms with Crippen molar-refractivity contribution in [1.29, 1.82) is 0 Å². The zero-order valence-electron chi connectivity index (χ0n) is 13.4. The lowest BCUT2D eigenvalue weighted by Crippen LogP contribution is -2.14. The monoisotopic (exact) mass is 419 g/mol. The minimum absolute atomic E-state index is 0.0112. The highest BCUT2D eigenvalue weighted by Gasteiger charge is 2.37. The number of tetrazole rings is 1. The first kappa shape index (κ1) is 19.5. The summed E-state index contributed by atoms with van der Waals surface area (Å²) >= 11 is 6.00. The second-order valence-corrected chi connectivity index (χ2v) is 5.58. The third-order valence-corrected chi connectivity index (χ3v) is 3.51. The van der Waals surface area contributed by atoms with Gasteiger partial charge in [-0.1, -0.05) is 11.6 Å². The van der Waals surface area contributed by atoms with E-state index in [0.717, 1.165) is 10.7 Å². The molecule has 0 fully saturated rings. The fourth-order valence-electron chi connectivity index (χ4n) is 2.07. The van der Waals surface area contributed by atoms with E-state index >= 15 is 0 Å². The summed E-state index contributed by atoms with van der Waals surface area (Å²) in [6.07, 6.45) is -6.61. The molecule has 0 aliphatic heterocycles. The van der Waals surface area contributed by atoms with Gasteiger partial charge in [-0.15, -0.1) is 10.2 Å². The van der Waals surface area contributed by atoms with Gasteiger partial charge >= 0.3 is 12.3 Å². The van der Waals surface area contributed by atoms with Crippen molar-refractivity contribution >= 4 is 17.8 Å². The maximum Gasteiger partial charge on any atom is 0.512 e. The average molecular weight is 420 g/mol. The molecular formula is C13H9ClF3N7O4. The van der Waals surface area contributed by atoms with Crippen molar-refractivity contribution in [2.45, 2.75) is 18.8 Å². The van der Waals surface area contributed by atoms with E-state index in [2.05, 4.69) is 30.2 Å². The number of aromatic nitrogens is 7. The molecule has 0 bridgehead atoms. The third kappa shape index (κ3) is 4.17. The van der Waals surface area contributed by atoms with Gasteiger partial charge in [-0.25, -0.2) is 9.78 Å². The van der Waals surface area contributed by atoms with Gasteiger partial charge < -0.3 is 14.9 Å². The predicted molar refractivity (Wildman–Crippen MR) is 82.8 cm³/mol. The summed E-state index contributed by atoms with van der Waals surface area (Å²) < 4.78 is 43.1. The Morgan fingerprint density at radius 3 is 2.71 bits per heavy atom. The van der Waals surface area contributed by atoms with Crippen molar-refractivity contribution in [1.82, 2.24) is 35.0 Å².